The lowest BCUT2D eigenvalue weighted by atomic mass is 10.2. The maximum absolute atomic E-state index is 6.03. The summed E-state index contributed by atoms with van der Waals surface area (Å²) in [5.74, 6) is 1.91. The van der Waals surface area contributed by atoms with Crippen LogP contribution in [0.3, 0.4) is 0 Å². The van der Waals surface area contributed by atoms with Gasteiger partial charge in [0.2, 0.25) is 5.82 Å². The molecule has 3 nitrogen and oxygen atoms in total. The molecule has 5 heteroatoms. The van der Waals surface area contributed by atoms with Crippen molar-refractivity contribution >= 4 is 39.0 Å². The van der Waals surface area contributed by atoms with Crippen LogP contribution in [-0.2, 0) is 0 Å². The molecular formula is C13H17ClN3S+. The number of hydrogen-bond acceptors (Lipinski definition) is 3. The monoisotopic (exact) mass is 282 g/mol. The highest BCUT2D eigenvalue weighted by molar-refractivity contribution is 7.13. The van der Waals surface area contributed by atoms with Crippen LogP contribution in [0.25, 0.3) is 10.1 Å². The molecule has 1 N–H and O–H groups in total. The third-order valence-electron chi connectivity index (χ3n) is 3.75. The smallest absolute Gasteiger partial charge is 0.247 e. The molecule has 2 aromatic rings. The van der Waals surface area contributed by atoms with Crippen LogP contribution in [-0.4, -0.2) is 43.0 Å². The Labute approximate surface area is 116 Å². The third kappa shape index (κ3) is 2.03. The van der Waals surface area contributed by atoms with Gasteiger partial charge in [0, 0.05) is 13.1 Å². The number of nitrogens with zero attached hydrogens (tertiary/aromatic N) is 2. The van der Waals surface area contributed by atoms with E-state index in [1.165, 1.54) is 15.9 Å². The molecule has 2 heterocycles. The SMILES string of the molecule is ClCC[N+]1(c2nsc3ccccc23)CCNCC1. The van der Waals surface area contributed by atoms with Crippen LogP contribution < -0.4 is 9.80 Å². The van der Waals surface area contributed by atoms with Crippen molar-refractivity contribution in [2.24, 2.45) is 0 Å². The molecule has 0 bridgehead atoms. The van der Waals surface area contributed by atoms with Crippen LogP contribution in [0.1, 0.15) is 0 Å². The van der Waals surface area contributed by atoms with E-state index in [0.29, 0.717) is 5.88 Å². The molecule has 0 spiro atoms. The van der Waals surface area contributed by atoms with Gasteiger partial charge in [-0.25, -0.2) is 0 Å². The molecule has 0 atom stereocenters. The van der Waals surface area contributed by atoms with E-state index in [0.717, 1.165) is 37.2 Å². The van der Waals surface area contributed by atoms with Crippen molar-refractivity contribution in [2.75, 3.05) is 38.6 Å². The molecule has 0 unspecified atom stereocenters. The normalized spacial score (nSPS) is 19.2. The van der Waals surface area contributed by atoms with E-state index < -0.39 is 0 Å². The number of benzene rings is 1. The second-order valence-corrected chi connectivity index (χ2v) is 5.94. The summed E-state index contributed by atoms with van der Waals surface area (Å²) >= 11 is 7.63. The maximum Gasteiger partial charge on any atom is 0.247 e. The minimum absolute atomic E-state index is 0.686. The van der Waals surface area contributed by atoms with Gasteiger partial charge in [-0.15, -0.1) is 16.0 Å². The third-order valence-corrected chi connectivity index (χ3v) is 4.74. The molecule has 96 valence electrons. The average Bonchev–Trinajstić information content (AvgIpc) is 2.84. The Morgan fingerprint density at radius 2 is 2.06 bits per heavy atom. The molecule has 0 amide bonds. The van der Waals surface area contributed by atoms with Gasteiger partial charge in [0.05, 0.1) is 35.6 Å². The highest BCUT2D eigenvalue weighted by Gasteiger charge is 2.35. The van der Waals surface area contributed by atoms with Crippen molar-refractivity contribution in [3.8, 4) is 0 Å². The van der Waals surface area contributed by atoms with Crippen molar-refractivity contribution in [3.63, 3.8) is 0 Å². The van der Waals surface area contributed by atoms with E-state index in [9.17, 15) is 0 Å². The first-order valence-corrected chi connectivity index (χ1v) is 7.64. The highest BCUT2D eigenvalue weighted by atomic mass is 35.5. The van der Waals surface area contributed by atoms with E-state index in [1.807, 2.05) is 0 Å². The van der Waals surface area contributed by atoms with Crippen LogP contribution in [0.4, 0.5) is 5.82 Å². The number of hydrogen-bond donors (Lipinski definition) is 1. The molecule has 1 aliphatic heterocycles. The predicted octanol–water partition coefficient (Wildman–Crippen LogP) is 2.45. The van der Waals surface area contributed by atoms with Crippen molar-refractivity contribution in [3.05, 3.63) is 24.3 Å². The predicted molar refractivity (Wildman–Crippen MR) is 79.6 cm³/mol. The molecular weight excluding hydrogens is 266 g/mol. The summed E-state index contributed by atoms with van der Waals surface area (Å²) in [6.45, 7) is 5.23. The summed E-state index contributed by atoms with van der Waals surface area (Å²) in [6, 6.07) is 8.51. The van der Waals surface area contributed by atoms with Gasteiger partial charge in [0.1, 0.15) is 0 Å². The maximum atomic E-state index is 6.03. The van der Waals surface area contributed by atoms with Gasteiger partial charge in [0.15, 0.2) is 0 Å². The summed E-state index contributed by atoms with van der Waals surface area (Å²) in [6.07, 6.45) is 0. The Morgan fingerprint density at radius 1 is 1.28 bits per heavy atom. The van der Waals surface area contributed by atoms with Crippen molar-refractivity contribution in [1.82, 2.24) is 14.2 Å². The number of aromatic nitrogens is 1. The van der Waals surface area contributed by atoms with Crippen molar-refractivity contribution < 1.29 is 0 Å². The number of nitrogens with one attached hydrogen (secondary N) is 1. The molecule has 1 aromatic heterocycles. The van der Waals surface area contributed by atoms with Gasteiger partial charge in [-0.3, -0.25) is 4.48 Å². The summed E-state index contributed by atoms with van der Waals surface area (Å²) in [5, 5.41) is 4.73. The lowest BCUT2D eigenvalue weighted by molar-refractivity contribution is 0.250. The Hall–Kier alpha value is -0.680. The van der Waals surface area contributed by atoms with Gasteiger partial charge in [-0.2, -0.15) is 0 Å². The molecule has 1 aromatic carbocycles. The quantitative estimate of drug-likeness (QED) is 0.691. The van der Waals surface area contributed by atoms with Gasteiger partial charge < -0.3 is 5.32 Å². The summed E-state index contributed by atoms with van der Waals surface area (Å²) < 4.78 is 6.94. The zero-order valence-corrected chi connectivity index (χ0v) is 11.8. The molecule has 18 heavy (non-hydrogen) atoms. The molecule has 1 saturated heterocycles. The van der Waals surface area contributed by atoms with E-state index in [1.54, 1.807) is 11.5 Å². The van der Waals surface area contributed by atoms with Crippen molar-refractivity contribution in [2.45, 2.75) is 0 Å². The molecule has 0 aliphatic carbocycles. The van der Waals surface area contributed by atoms with Gasteiger partial charge in [-0.1, -0.05) is 12.1 Å². The van der Waals surface area contributed by atoms with E-state index in [4.69, 9.17) is 16.0 Å². The summed E-state index contributed by atoms with van der Waals surface area (Å²) in [4.78, 5) is 0. The molecule has 1 fully saturated rings. The molecule has 0 saturated carbocycles. The van der Waals surface area contributed by atoms with Crippen LogP contribution in [0, 0.1) is 0 Å². The van der Waals surface area contributed by atoms with Crippen LogP contribution in [0.2, 0.25) is 0 Å². The van der Waals surface area contributed by atoms with Gasteiger partial charge >= 0.3 is 0 Å². The first-order chi connectivity index (χ1) is 8.86. The lowest BCUT2D eigenvalue weighted by Crippen LogP contribution is -2.61. The number of alkyl halides is 1. The zero-order chi connectivity index (χ0) is 12.4. The zero-order valence-electron chi connectivity index (χ0n) is 10.2. The topological polar surface area (TPSA) is 24.9 Å². The standard InChI is InChI=1S/C13H17ClN3S/c14-5-8-17(9-6-15-7-10-17)13-11-3-1-2-4-12(11)18-16-13/h1-4,15H,5-10H2/q+1. The number of rotatable bonds is 3. The summed E-state index contributed by atoms with van der Waals surface area (Å²) in [7, 11) is 0. The average molecular weight is 283 g/mol. The van der Waals surface area contributed by atoms with Gasteiger partial charge in [0.25, 0.3) is 0 Å². The second-order valence-electron chi connectivity index (χ2n) is 4.76. The number of quaternary nitrogens is 1. The van der Waals surface area contributed by atoms with Crippen LogP contribution in [0.15, 0.2) is 24.3 Å². The largest absolute Gasteiger partial charge is 0.306 e. The second kappa shape index (κ2) is 5.13. The Kier molecular flexibility index (Phi) is 3.52. The van der Waals surface area contributed by atoms with E-state index in [-0.39, 0.29) is 0 Å². The first kappa shape index (κ1) is 12.4. The first-order valence-electron chi connectivity index (χ1n) is 6.33. The highest BCUT2D eigenvalue weighted by Crippen LogP contribution is 2.34. The van der Waals surface area contributed by atoms with E-state index in [2.05, 4.69) is 29.6 Å². The number of piperazine rings is 1. The van der Waals surface area contributed by atoms with Crippen LogP contribution >= 0.6 is 23.1 Å². The molecule has 0 radical (unpaired) electrons. The van der Waals surface area contributed by atoms with Gasteiger partial charge in [-0.05, 0) is 23.7 Å². The molecule has 3 rings (SSSR count). The Morgan fingerprint density at radius 3 is 2.83 bits per heavy atom. The minimum Gasteiger partial charge on any atom is -0.306 e. The fourth-order valence-electron chi connectivity index (χ4n) is 2.74. The Balaban J connectivity index is 2.08. The number of halogens is 1. The fourth-order valence-corrected chi connectivity index (χ4v) is 3.92. The fraction of sp³-hybridized carbons (Fsp3) is 0.462. The minimum atomic E-state index is 0.686. The molecule has 1 aliphatic rings. The van der Waals surface area contributed by atoms with E-state index >= 15 is 0 Å². The van der Waals surface area contributed by atoms with Crippen LogP contribution in [0.5, 0.6) is 0 Å². The Bertz CT molecular complexity index is 528. The lowest BCUT2D eigenvalue weighted by Gasteiger charge is -2.39. The van der Waals surface area contributed by atoms with Crippen molar-refractivity contribution in [1.29, 1.82) is 0 Å². The summed E-state index contributed by atoms with van der Waals surface area (Å²) in [5.41, 5.74) is 0. The number of fused-ring (bicyclic) bond motifs is 1.